The van der Waals surface area contributed by atoms with Crippen LogP contribution in [0.1, 0.15) is 30.9 Å². The van der Waals surface area contributed by atoms with E-state index in [0.29, 0.717) is 0 Å². The van der Waals surface area contributed by atoms with Crippen LogP contribution in [0.5, 0.6) is 0 Å². The average molecular weight is 393 g/mol. The highest BCUT2D eigenvalue weighted by molar-refractivity contribution is 8.02. The number of rotatable bonds is 7. The Hall–Kier alpha value is -1.64. The molecular formula is C18H24N4O2S2. The number of thioether (sulfide) groups is 1. The molecule has 1 saturated heterocycles. The first kappa shape index (κ1) is 19.1. The number of hydrogen-bond acceptors (Lipinski definition) is 7. The number of aromatic nitrogens is 2. The summed E-state index contributed by atoms with van der Waals surface area (Å²) in [5.74, 6) is -0.0311. The lowest BCUT2D eigenvalue weighted by atomic mass is 10.1. The molecule has 2 N–H and O–H groups in total. The van der Waals surface area contributed by atoms with Crippen LogP contribution in [0.3, 0.4) is 0 Å². The normalized spacial score (nSPS) is 17.9. The number of carbonyl (C=O) groups is 1. The second kappa shape index (κ2) is 8.83. The smallest absolute Gasteiger partial charge is 0.237 e. The van der Waals surface area contributed by atoms with Crippen molar-refractivity contribution >= 4 is 39.8 Å². The van der Waals surface area contributed by atoms with Crippen molar-refractivity contribution in [2.24, 2.45) is 0 Å². The summed E-state index contributed by atoms with van der Waals surface area (Å²) in [6, 6.07) is 5.99. The number of anilines is 2. The maximum atomic E-state index is 12.5. The Balaban J connectivity index is 1.52. The molecule has 6 nitrogen and oxygen atoms in total. The van der Waals surface area contributed by atoms with E-state index < -0.39 is 0 Å². The number of amides is 1. The summed E-state index contributed by atoms with van der Waals surface area (Å²) >= 11 is 2.89. The van der Waals surface area contributed by atoms with Crippen LogP contribution in [0.2, 0.25) is 0 Å². The molecule has 1 amide bonds. The highest BCUT2D eigenvalue weighted by Gasteiger charge is 2.19. The lowest BCUT2D eigenvalue weighted by molar-refractivity contribution is -0.115. The van der Waals surface area contributed by atoms with Gasteiger partial charge in [0.15, 0.2) is 4.34 Å². The van der Waals surface area contributed by atoms with Gasteiger partial charge in [0.2, 0.25) is 11.0 Å². The highest BCUT2D eigenvalue weighted by atomic mass is 32.2. The van der Waals surface area contributed by atoms with E-state index in [1.165, 1.54) is 23.1 Å². The minimum Gasteiger partial charge on any atom is -0.376 e. The fourth-order valence-corrected chi connectivity index (χ4v) is 4.68. The Morgan fingerprint density at radius 2 is 2.15 bits per heavy atom. The van der Waals surface area contributed by atoms with Crippen molar-refractivity contribution in [1.29, 1.82) is 0 Å². The predicted octanol–water partition coefficient (Wildman–Crippen LogP) is 3.87. The molecule has 2 aromatic rings. The van der Waals surface area contributed by atoms with Gasteiger partial charge in [0.25, 0.3) is 0 Å². The van der Waals surface area contributed by atoms with E-state index in [0.717, 1.165) is 52.3 Å². The summed E-state index contributed by atoms with van der Waals surface area (Å²) in [5.41, 5.74) is 3.01. The zero-order valence-corrected chi connectivity index (χ0v) is 16.9. The third-order valence-electron chi connectivity index (χ3n) is 4.29. The van der Waals surface area contributed by atoms with Crippen molar-refractivity contribution in [2.75, 3.05) is 23.8 Å². The maximum absolute atomic E-state index is 12.5. The summed E-state index contributed by atoms with van der Waals surface area (Å²) in [6.45, 7) is 7.47. The van der Waals surface area contributed by atoms with Crippen LogP contribution in [0.15, 0.2) is 22.5 Å². The van der Waals surface area contributed by atoms with E-state index >= 15 is 0 Å². The zero-order valence-electron chi connectivity index (χ0n) is 15.2. The quantitative estimate of drug-likeness (QED) is 0.697. The molecule has 1 aromatic heterocycles. The van der Waals surface area contributed by atoms with Gasteiger partial charge in [-0.15, -0.1) is 10.2 Å². The number of nitrogens with one attached hydrogen (secondary N) is 2. The van der Waals surface area contributed by atoms with E-state index in [1.807, 2.05) is 39.0 Å². The van der Waals surface area contributed by atoms with Crippen LogP contribution in [-0.4, -0.2) is 40.6 Å². The third kappa shape index (κ3) is 4.96. The van der Waals surface area contributed by atoms with Crippen LogP contribution >= 0.6 is 23.1 Å². The number of benzene rings is 1. The van der Waals surface area contributed by atoms with Gasteiger partial charge in [-0.2, -0.15) is 0 Å². The van der Waals surface area contributed by atoms with E-state index in [-0.39, 0.29) is 17.3 Å². The summed E-state index contributed by atoms with van der Waals surface area (Å²) in [5, 5.41) is 15.1. The molecule has 0 aliphatic carbocycles. The third-order valence-corrected chi connectivity index (χ3v) is 6.35. The van der Waals surface area contributed by atoms with Gasteiger partial charge < -0.3 is 15.4 Å². The average Bonchev–Trinajstić information content (AvgIpc) is 3.28. The molecule has 1 aliphatic heterocycles. The minimum atomic E-state index is -0.257. The zero-order chi connectivity index (χ0) is 18.5. The number of carbonyl (C=O) groups excluding carboxylic acids is 1. The second-order valence-electron chi connectivity index (χ2n) is 6.41. The largest absolute Gasteiger partial charge is 0.376 e. The van der Waals surface area contributed by atoms with Gasteiger partial charge in [-0.1, -0.05) is 41.3 Å². The van der Waals surface area contributed by atoms with Gasteiger partial charge in [0.05, 0.1) is 11.4 Å². The Labute approximate surface area is 162 Å². The van der Waals surface area contributed by atoms with Crippen molar-refractivity contribution in [2.45, 2.75) is 49.3 Å². The Morgan fingerprint density at radius 3 is 2.85 bits per heavy atom. The van der Waals surface area contributed by atoms with Crippen LogP contribution in [0, 0.1) is 13.8 Å². The van der Waals surface area contributed by atoms with Crippen LogP contribution in [-0.2, 0) is 9.53 Å². The van der Waals surface area contributed by atoms with Crippen LogP contribution < -0.4 is 10.6 Å². The van der Waals surface area contributed by atoms with Crippen molar-refractivity contribution in [3.8, 4) is 0 Å². The fraction of sp³-hybridized carbons (Fsp3) is 0.500. The molecule has 1 fully saturated rings. The maximum Gasteiger partial charge on any atom is 0.237 e. The Morgan fingerprint density at radius 1 is 1.38 bits per heavy atom. The van der Waals surface area contributed by atoms with Crippen LogP contribution in [0.25, 0.3) is 0 Å². The number of hydrogen-bond donors (Lipinski definition) is 2. The van der Waals surface area contributed by atoms with Gasteiger partial charge >= 0.3 is 0 Å². The van der Waals surface area contributed by atoms with Gasteiger partial charge in [0, 0.05) is 18.8 Å². The van der Waals surface area contributed by atoms with Crippen molar-refractivity contribution in [1.82, 2.24) is 10.2 Å². The van der Waals surface area contributed by atoms with Crippen molar-refractivity contribution in [3.63, 3.8) is 0 Å². The molecule has 1 aromatic carbocycles. The standard InChI is InChI=1S/C18H24N4O2S2/c1-11-6-4-7-12(2)15(11)20-16(23)13(3)25-18-22-21-17(26-18)19-10-14-8-5-9-24-14/h4,6-7,13-14H,5,8-10H2,1-3H3,(H,19,21)(H,20,23). The van der Waals surface area contributed by atoms with E-state index in [2.05, 4.69) is 20.8 Å². The molecule has 140 valence electrons. The predicted molar refractivity (Wildman–Crippen MR) is 107 cm³/mol. The number of aryl methyl sites for hydroxylation is 2. The van der Waals surface area contributed by atoms with Gasteiger partial charge in [-0.25, -0.2) is 0 Å². The van der Waals surface area contributed by atoms with Gasteiger partial charge in [-0.05, 0) is 44.7 Å². The molecular weight excluding hydrogens is 368 g/mol. The molecule has 3 rings (SSSR count). The first-order valence-corrected chi connectivity index (χ1v) is 10.5. The molecule has 26 heavy (non-hydrogen) atoms. The van der Waals surface area contributed by atoms with E-state index in [9.17, 15) is 4.79 Å². The molecule has 8 heteroatoms. The first-order chi connectivity index (χ1) is 12.5. The van der Waals surface area contributed by atoms with E-state index in [4.69, 9.17) is 4.74 Å². The molecule has 0 saturated carbocycles. The molecule has 2 atom stereocenters. The lowest BCUT2D eigenvalue weighted by Gasteiger charge is -2.14. The van der Waals surface area contributed by atoms with Gasteiger partial charge in [-0.3, -0.25) is 4.79 Å². The number of nitrogens with zero attached hydrogens (tertiary/aromatic N) is 2. The summed E-state index contributed by atoms with van der Waals surface area (Å²) < 4.78 is 6.37. The Kier molecular flexibility index (Phi) is 6.50. The molecule has 1 aliphatic rings. The molecule has 0 bridgehead atoms. The fourth-order valence-electron chi connectivity index (χ4n) is 2.78. The first-order valence-electron chi connectivity index (χ1n) is 8.75. The summed E-state index contributed by atoms with van der Waals surface area (Å²) in [7, 11) is 0. The SMILES string of the molecule is Cc1cccc(C)c1NC(=O)C(C)Sc1nnc(NCC2CCCO2)s1. The topological polar surface area (TPSA) is 76.1 Å². The summed E-state index contributed by atoms with van der Waals surface area (Å²) in [6.07, 6.45) is 2.47. The number of ether oxygens (including phenoxy) is 1. The van der Waals surface area contributed by atoms with Crippen molar-refractivity contribution in [3.05, 3.63) is 29.3 Å². The Bertz CT molecular complexity index is 739. The van der Waals surface area contributed by atoms with E-state index in [1.54, 1.807) is 0 Å². The monoisotopic (exact) mass is 392 g/mol. The van der Waals surface area contributed by atoms with Gasteiger partial charge in [0.1, 0.15) is 0 Å². The molecule has 2 heterocycles. The minimum absolute atomic E-state index is 0.0311. The van der Waals surface area contributed by atoms with Crippen molar-refractivity contribution < 1.29 is 9.53 Å². The molecule has 0 spiro atoms. The van der Waals surface area contributed by atoms with Crippen LogP contribution in [0.4, 0.5) is 10.8 Å². The summed E-state index contributed by atoms with van der Waals surface area (Å²) in [4.78, 5) is 12.5. The number of para-hydroxylation sites is 1. The molecule has 2 unspecified atom stereocenters. The highest BCUT2D eigenvalue weighted by Crippen LogP contribution is 2.30. The lowest BCUT2D eigenvalue weighted by Crippen LogP contribution is -2.23. The second-order valence-corrected chi connectivity index (χ2v) is 8.97. The molecule has 0 radical (unpaired) electrons.